The van der Waals surface area contributed by atoms with Crippen LogP contribution < -0.4 is 10.2 Å². The number of amides is 2. The summed E-state index contributed by atoms with van der Waals surface area (Å²) in [6.45, 7) is 0.298. The molecule has 2 heterocycles. The summed E-state index contributed by atoms with van der Waals surface area (Å²) in [5.74, 6) is -0.694. The zero-order chi connectivity index (χ0) is 19.7. The highest BCUT2D eigenvalue weighted by Gasteiger charge is 2.26. The van der Waals surface area contributed by atoms with E-state index in [4.69, 9.17) is 0 Å². The Balaban J connectivity index is 1.58. The summed E-state index contributed by atoms with van der Waals surface area (Å²) in [5, 5.41) is 3.44. The molecule has 1 aliphatic rings. The van der Waals surface area contributed by atoms with Gasteiger partial charge in [-0.3, -0.25) is 9.59 Å². The second kappa shape index (κ2) is 7.44. The molecule has 0 aliphatic carbocycles. The first-order valence-corrected chi connectivity index (χ1v) is 9.42. The largest absolute Gasteiger partial charge is 0.348 e. The van der Waals surface area contributed by atoms with Crippen LogP contribution in [-0.4, -0.2) is 23.8 Å². The highest BCUT2D eigenvalue weighted by atomic mass is 32.2. The summed E-state index contributed by atoms with van der Waals surface area (Å²) in [7, 11) is 1.71. The van der Waals surface area contributed by atoms with E-state index in [1.165, 1.54) is 23.9 Å². The van der Waals surface area contributed by atoms with Crippen LogP contribution in [0.4, 0.5) is 10.1 Å². The number of anilines is 1. The minimum Gasteiger partial charge on any atom is -0.348 e. The van der Waals surface area contributed by atoms with Crippen LogP contribution in [0.1, 0.15) is 26.3 Å². The summed E-state index contributed by atoms with van der Waals surface area (Å²) in [4.78, 5) is 31.9. The molecule has 0 atom stereocenters. The maximum absolute atomic E-state index is 13.0. The van der Waals surface area contributed by atoms with Gasteiger partial charge in [-0.15, -0.1) is 0 Å². The summed E-state index contributed by atoms with van der Waals surface area (Å²) in [5.41, 5.74) is 2.55. The molecule has 1 N–H and O–H groups in total. The van der Waals surface area contributed by atoms with Crippen molar-refractivity contribution in [1.29, 1.82) is 0 Å². The number of pyridine rings is 1. The number of aromatic nitrogens is 1. The molecule has 0 unspecified atom stereocenters. The highest BCUT2D eigenvalue weighted by Crippen LogP contribution is 2.40. The smallest absolute Gasteiger partial charge is 0.260 e. The number of carbonyl (C=O) groups is 2. The van der Waals surface area contributed by atoms with Gasteiger partial charge in [0, 0.05) is 30.2 Å². The molecule has 5 nitrogen and oxygen atoms in total. The van der Waals surface area contributed by atoms with Crippen molar-refractivity contribution in [3.05, 3.63) is 83.3 Å². The van der Waals surface area contributed by atoms with Crippen molar-refractivity contribution in [3.63, 3.8) is 0 Å². The van der Waals surface area contributed by atoms with Gasteiger partial charge in [0.2, 0.25) is 0 Å². The van der Waals surface area contributed by atoms with Gasteiger partial charge in [0.15, 0.2) is 0 Å². The molecule has 140 valence electrons. The van der Waals surface area contributed by atoms with Crippen LogP contribution in [0.2, 0.25) is 0 Å². The van der Waals surface area contributed by atoms with Crippen LogP contribution >= 0.6 is 11.8 Å². The molecule has 0 bridgehead atoms. The Morgan fingerprint density at radius 1 is 1.18 bits per heavy atom. The van der Waals surface area contributed by atoms with Gasteiger partial charge in [-0.1, -0.05) is 23.9 Å². The first-order valence-electron chi connectivity index (χ1n) is 8.60. The summed E-state index contributed by atoms with van der Waals surface area (Å²) < 4.78 is 13.0. The van der Waals surface area contributed by atoms with E-state index in [0.717, 1.165) is 16.1 Å². The lowest BCUT2D eigenvalue weighted by molar-refractivity contribution is 0.0949. The fraction of sp³-hybridized carbons (Fsp3) is 0.0952. The predicted octanol–water partition coefficient (Wildman–Crippen LogP) is 3.89. The van der Waals surface area contributed by atoms with E-state index < -0.39 is 0 Å². The second-order valence-electron chi connectivity index (χ2n) is 6.31. The van der Waals surface area contributed by atoms with Gasteiger partial charge in [0.05, 0.1) is 11.3 Å². The maximum atomic E-state index is 13.0. The molecule has 4 rings (SSSR count). The summed E-state index contributed by atoms with van der Waals surface area (Å²) >= 11 is 1.36. The van der Waals surface area contributed by atoms with Gasteiger partial charge < -0.3 is 10.2 Å². The van der Waals surface area contributed by atoms with Crippen LogP contribution in [0, 0.1) is 5.82 Å². The topological polar surface area (TPSA) is 62.3 Å². The number of benzene rings is 2. The lowest BCUT2D eigenvalue weighted by Gasteiger charge is -2.17. The average molecular weight is 393 g/mol. The van der Waals surface area contributed by atoms with Crippen LogP contribution in [0.3, 0.4) is 0 Å². The van der Waals surface area contributed by atoms with E-state index >= 15 is 0 Å². The number of nitrogens with zero attached hydrogens (tertiary/aromatic N) is 2. The fourth-order valence-electron chi connectivity index (χ4n) is 2.93. The Labute approximate surface area is 165 Å². The molecule has 1 aromatic heterocycles. The average Bonchev–Trinajstić information content (AvgIpc) is 2.82. The standard InChI is InChI=1S/C21H16FN3O2S/c1-25-17-9-6-14(19(26)24-12-13-4-7-15(22)8-5-13)11-18(17)28-20-16(21(25)27)3-2-10-23-20/h2-11H,12H2,1H3,(H,24,26). The van der Waals surface area contributed by atoms with E-state index in [1.807, 2.05) is 0 Å². The van der Waals surface area contributed by atoms with Crippen LogP contribution in [0.5, 0.6) is 0 Å². The minimum atomic E-state index is -0.314. The zero-order valence-electron chi connectivity index (χ0n) is 15.0. The third-order valence-electron chi connectivity index (χ3n) is 4.46. The van der Waals surface area contributed by atoms with Gasteiger partial charge in [0.25, 0.3) is 11.8 Å². The molecule has 28 heavy (non-hydrogen) atoms. The molecule has 0 saturated carbocycles. The van der Waals surface area contributed by atoms with Crippen molar-refractivity contribution in [2.24, 2.45) is 0 Å². The first kappa shape index (κ1) is 18.2. The number of nitrogens with one attached hydrogen (secondary N) is 1. The molecule has 0 fully saturated rings. The first-order chi connectivity index (χ1) is 13.5. The molecular weight excluding hydrogens is 377 g/mol. The van der Waals surface area contributed by atoms with Gasteiger partial charge in [0.1, 0.15) is 10.8 Å². The molecule has 2 amide bonds. The number of rotatable bonds is 3. The monoisotopic (exact) mass is 393 g/mol. The van der Waals surface area contributed by atoms with Gasteiger partial charge in [-0.25, -0.2) is 9.37 Å². The quantitative estimate of drug-likeness (QED) is 0.733. The third kappa shape index (κ3) is 3.48. The Hall–Kier alpha value is -3.19. The Bertz CT molecular complexity index is 1070. The van der Waals surface area contributed by atoms with Crippen molar-refractivity contribution >= 4 is 29.3 Å². The molecule has 0 saturated heterocycles. The van der Waals surface area contributed by atoms with E-state index in [9.17, 15) is 14.0 Å². The van der Waals surface area contributed by atoms with Crippen molar-refractivity contribution in [2.45, 2.75) is 16.5 Å². The maximum Gasteiger partial charge on any atom is 0.260 e. The van der Waals surface area contributed by atoms with E-state index in [0.29, 0.717) is 22.7 Å². The number of hydrogen-bond acceptors (Lipinski definition) is 4. The van der Waals surface area contributed by atoms with Gasteiger partial charge in [-0.2, -0.15) is 0 Å². The van der Waals surface area contributed by atoms with Gasteiger partial charge >= 0.3 is 0 Å². The summed E-state index contributed by atoms with van der Waals surface area (Å²) in [6, 6.07) is 14.7. The molecule has 2 aromatic carbocycles. The fourth-order valence-corrected chi connectivity index (χ4v) is 4.01. The van der Waals surface area contributed by atoms with Crippen molar-refractivity contribution in [1.82, 2.24) is 10.3 Å². The molecule has 3 aromatic rings. The molecule has 0 spiro atoms. The number of carbonyl (C=O) groups excluding carboxylic acids is 2. The molecule has 0 radical (unpaired) electrons. The van der Waals surface area contributed by atoms with Crippen LogP contribution in [-0.2, 0) is 6.54 Å². The SMILES string of the molecule is CN1C(=O)c2cccnc2Sc2cc(C(=O)NCc3ccc(F)cc3)ccc21. The van der Waals surface area contributed by atoms with Crippen molar-refractivity contribution in [2.75, 3.05) is 11.9 Å². The van der Waals surface area contributed by atoms with Crippen molar-refractivity contribution in [3.8, 4) is 0 Å². The normalized spacial score (nSPS) is 12.8. The zero-order valence-corrected chi connectivity index (χ0v) is 15.8. The number of halogens is 1. The van der Waals surface area contributed by atoms with Crippen LogP contribution in [0.25, 0.3) is 0 Å². The number of fused-ring (bicyclic) bond motifs is 2. The minimum absolute atomic E-state index is 0.136. The highest BCUT2D eigenvalue weighted by molar-refractivity contribution is 7.99. The van der Waals surface area contributed by atoms with E-state index in [1.54, 1.807) is 60.6 Å². The Morgan fingerprint density at radius 2 is 1.96 bits per heavy atom. The van der Waals surface area contributed by atoms with Crippen molar-refractivity contribution < 1.29 is 14.0 Å². The lowest BCUT2D eigenvalue weighted by atomic mass is 10.1. The molecule has 7 heteroatoms. The Kier molecular flexibility index (Phi) is 4.83. The molecular formula is C21H16FN3O2S. The van der Waals surface area contributed by atoms with E-state index in [2.05, 4.69) is 10.3 Å². The predicted molar refractivity (Wildman–Crippen MR) is 105 cm³/mol. The van der Waals surface area contributed by atoms with E-state index in [-0.39, 0.29) is 17.6 Å². The Morgan fingerprint density at radius 3 is 2.75 bits per heavy atom. The second-order valence-corrected chi connectivity index (χ2v) is 7.34. The molecule has 1 aliphatic heterocycles. The number of hydrogen-bond donors (Lipinski definition) is 1. The third-order valence-corrected chi connectivity index (χ3v) is 5.53. The van der Waals surface area contributed by atoms with Crippen LogP contribution in [0.15, 0.2) is 70.7 Å². The van der Waals surface area contributed by atoms with Gasteiger partial charge in [-0.05, 0) is 48.0 Å². The lowest BCUT2D eigenvalue weighted by Crippen LogP contribution is -2.26. The summed E-state index contributed by atoms with van der Waals surface area (Å²) in [6.07, 6.45) is 1.64.